The summed E-state index contributed by atoms with van der Waals surface area (Å²) < 4.78 is 0. The summed E-state index contributed by atoms with van der Waals surface area (Å²) in [5.41, 5.74) is 5.47. The molecule has 0 aliphatic heterocycles. The first-order valence-corrected chi connectivity index (χ1v) is 5.15. The molecular formula is C9H16N6O2. The average molecular weight is 240 g/mol. The van der Waals surface area contributed by atoms with Gasteiger partial charge in [-0.05, 0) is 5.92 Å². The van der Waals surface area contributed by atoms with Crippen LogP contribution < -0.4 is 11.1 Å². The number of carbonyl (C=O) groups excluding carboxylic acids is 1. The molecule has 17 heavy (non-hydrogen) atoms. The van der Waals surface area contributed by atoms with Crippen LogP contribution in [-0.2, 0) is 11.3 Å². The molecule has 1 aromatic rings. The van der Waals surface area contributed by atoms with Gasteiger partial charge in [0, 0.05) is 0 Å². The van der Waals surface area contributed by atoms with E-state index >= 15 is 0 Å². The van der Waals surface area contributed by atoms with Crippen LogP contribution in [0.2, 0.25) is 0 Å². The van der Waals surface area contributed by atoms with E-state index in [0.717, 1.165) is 0 Å². The Balaban J connectivity index is 2.60. The van der Waals surface area contributed by atoms with Crippen molar-refractivity contribution in [2.45, 2.75) is 20.4 Å². The van der Waals surface area contributed by atoms with Gasteiger partial charge >= 0.3 is 0 Å². The van der Waals surface area contributed by atoms with E-state index in [1.807, 2.05) is 13.8 Å². The number of nitrogens with one attached hydrogen (secondary N) is 2. The summed E-state index contributed by atoms with van der Waals surface area (Å²) in [5, 5.41) is 20.4. The second kappa shape index (κ2) is 5.83. The molecule has 0 radical (unpaired) electrons. The Hall–Kier alpha value is -2.12. The van der Waals surface area contributed by atoms with Gasteiger partial charge in [0.05, 0.1) is 6.54 Å². The van der Waals surface area contributed by atoms with Gasteiger partial charge in [-0.15, -0.1) is 0 Å². The highest BCUT2D eigenvalue weighted by Crippen LogP contribution is 2.11. The van der Waals surface area contributed by atoms with Crippen LogP contribution >= 0.6 is 0 Å². The molecule has 8 nitrogen and oxygen atoms in total. The predicted octanol–water partition coefficient (Wildman–Crippen LogP) is -0.560. The highest BCUT2D eigenvalue weighted by atomic mass is 16.4. The van der Waals surface area contributed by atoms with Crippen molar-refractivity contribution in [2.75, 3.05) is 0 Å². The third-order valence-corrected chi connectivity index (χ3v) is 2.28. The van der Waals surface area contributed by atoms with E-state index in [2.05, 4.69) is 25.7 Å². The molecule has 0 aliphatic rings. The molecule has 1 unspecified atom stereocenters. The van der Waals surface area contributed by atoms with E-state index in [0.29, 0.717) is 5.82 Å². The topological polar surface area (TPSA) is 129 Å². The second-order valence-corrected chi connectivity index (χ2v) is 3.90. The van der Waals surface area contributed by atoms with Crippen molar-refractivity contribution in [3.8, 4) is 0 Å². The van der Waals surface area contributed by atoms with Crippen molar-refractivity contribution in [3.63, 3.8) is 0 Å². The Labute approximate surface area is 98.3 Å². The van der Waals surface area contributed by atoms with Crippen molar-refractivity contribution in [1.82, 2.24) is 20.5 Å². The minimum absolute atomic E-state index is 0.0689. The lowest BCUT2D eigenvalue weighted by atomic mass is 9.94. The fourth-order valence-electron chi connectivity index (χ4n) is 1.44. The summed E-state index contributed by atoms with van der Waals surface area (Å²) in [7, 11) is 0. The zero-order valence-electron chi connectivity index (χ0n) is 9.71. The lowest BCUT2D eigenvalue weighted by Crippen LogP contribution is -2.41. The number of aromatic nitrogens is 3. The van der Waals surface area contributed by atoms with Crippen molar-refractivity contribution >= 4 is 11.7 Å². The number of rotatable bonds is 5. The Bertz CT molecular complexity index is 386. The van der Waals surface area contributed by atoms with Gasteiger partial charge in [-0.2, -0.15) is 5.10 Å². The highest BCUT2D eigenvalue weighted by Gasteiger charge is 2.26. The van der Waals surface area contributed by atoms with Gasteiger partial charge < -0.3 is 16.3 Å². The summed E-state index contributed by atoms with van der Waals surface area (Å²) in [6.07, 6.45) is 1.35. The largest absolute Gasteiger partial charge is 0.409 e. The number of amides is 1. The van der Waals surface area contributed by atoms with Crippen molar-refractivity contribution in [1.29, 1.82) is 0 Å². The number of carbonyl (C=O) groups is 1. The summed E-state index contributed by atoms with van der Waals surface area (Å²) in [6, 6.07) is 0. The average Bonchev–Trinajstić information content (AvgIpc) is 2.78. The smallest absolute Gasteiger partial charge is 0.231 e. The standard InChI is InChI=1S/C9H16N6O2/c1-5(2)7(8(10)15-17)9(16)11-3-6-12-4-13-14-6/h4-5,7,17H,3H2,1-2H3,(H2,10,15)(H,11,16)(H,12,13,14). The molecule has 1 aromatic heterocycles. The van der Waals surface area contributed by atoms with E-state index < -0.39 is 5.92 Å². The van der Waals surface area contributed by atoms with Crippen LogP contribution in [0.5, 0.6) is 0 Å². The zero-order valence-corrected chi connectivity index (χ0v) is 9.71. The van der Waals surface area contributed by atoms with Gasteiger partial charge in [-0.3, -0.25) is 9.89 Å². The number of nitrogens with zero attached hydrogens (tertiary/aromatic N) is 3. The maximum atomic E-state index is 11.8. The fourth-order valence-corrected chi connectivity index (χ4v) is 1.44. The number of hydrogen-bond donors (Lipinski definition) is 4. The lowest BCUT2D eigenvalue weighted by Gasteiger charge is -2.18. The number of oxime groups is 1. The zero-order chi connectivity index (χ0) is 12.8. The first-order valence-electron chi connectivity index (χ1n) is 5.15. The van der Waals surface area contributed by atoms with Gasteiger partial charge in [0.25, 0.3) is 0 Å². The molecule has 0 fully saturated rings. The molecule has 1 rings (SSSR count). The quantitative estimate of drug-likeness (QED) is 0.237. The number of amidine groups is 1. The molecule has 0 saturated heterocycles. The van der Waals surface area contributed by atoms with E-state index in [1.165, 1.54) is 6.33 Å². The molecular weight excluding hydrogens is 224 g/mol. The summed E-state index contributed by atoms with van der Waals surface area (Å²) >= 11 is 0. The highest BCUT2D eigenvalue weighted by molar-refractivity contribution is 6.02. The van der Waals surface area contributed by atoms with Crippen LogP contribution in [0.1, 0.15) is 19.7 Å². The van der Waals surface area contributed by atoms with E-state index in [1.54, 1.807) is 0 Å². The number of aromatic amines is 1. The lowest BCUT2D eigenvalue weighted by molar-refractivity contribution is -0.124. The van der Waals surface area contributed by atoms with Gasteiger partial charge in [0.2, 0.25) is 5.91 Å². The molecule has 94 valence electrons. The Morgan fingerprint density at radius 3 is 2.88 bits per heavy atom. The van der Waals surface area contributed by atoms with E-state index in [4.69, 9.17) is 10.9 Å². The van der Waals surface area contributed by atoms with Crippen LogP contribution in [-0.4, -0.2) is 32.1 Å². The maximum absolute atomic E-state index is 11.8. The molecule has 1 heterocycles. The first kappa shape index (κ1) is 12.9. The molecule has 1 amide bonds. The van der Waals surface area contributed by atoms with Crippen LogP contribution in [0.25, 0.3) is 0 Å². The third-order valence-electron chi connectivity index (χ3n) is 2.28. The number of H-pyrrole nitrogens is 1. The molecule has 1 atom stereocenters. The molecule has 8 heteroatoms. The summed E-state index contributed by atoms with van der Waals surface area (Å²) in [4.78, 5) is 15.7. The monoisotopic (exact) mass is 240 g/mol. The first-order chi connectivity index (χ1) is 8.06. The number of hydrogen-bond acceptors (Lipinski definition) is 5. The van der Waals surface area contributed by atoms with Crippen LogP contribution in [0.3, 0.4) is 0 Å². The second-order valence-electron chi connectivity index (χ2n) is 3.90. The molecule has 0 saturated carbocycles. The Morgan fingerprint density at radius 1 is 1.71 bits per heavy atom. The molecule has 0 aromatic carbocycles. The van der Waals surface area contributed by atoms with Gasteiger partial charge in [-0.25, -0.2) is 4.98 Å². The summed E-state index contributed by atoms with van der Waals surface area (Å²) in [6.45, 7) is 3.86. The molecule has 0 bridgehead atoms. The van der Waals surface area contributed by atoms with Crippen LogP contribution in [0.4, 0.5) is 0 Å². The van der Waals surface area contributed by atoms with Gasteiger partial charge in [0.15, 0.2) is 5.84 Å². The van der Waals surface area contributed by atoms with Gasteiger partial charge in [-0.1, -0.05) is 19.0 Å². The molecule has 0 spiro atoms. The van der Waals surface area contributed by atoms with Crippen LogP contribution in [0.15, 0.2) is 11.5 Å². The maximum Gasteiger partial charge on any atom is 0.231 e. The number of nitrogens with two attached hydrogens (primary N) is 1. The summed E-state index contributed by atoms with van der Waals surface area (Å²) in [5.74, 6) is -0.606. The van der Waals surface area contributed by atoms with E-state index in [-0.39, 0.29) is 24.2 Å². The minimum Gasteiger partial charge on any atom is -0.409 e. The van der Waals surface area contributed by atoms with Crippen molar-refractivity contribution < 1.29 is 10.0 Å². The molecule has 0 aliphatic carbocycles. The SMILES string of the molecule is CC(C)C(C(=O)NCc1ncn[nH]1)C(N)=NO. The predicted molar refractivity (Wildman–Crippen MR) is 60.0 cm³/mol. The minimum atomic E-state index is -0.664. The fraction of sp³-hybridized carbons (Fsp3) is 0.556. The van der Waals surface area contributed by atoms with Crippen molar-refractivity contribution in [2.24, 2.45) is 22.7 Å². The van der Waals surface area contributed by atoms with Crippen LogP contribution in [0, 0.1) is 11.8 Å². The van der Waals surface area contributed by atoms with Gasteiger partial charge in [0.1, 0.15) is 18.1 Å². The Morgan fingerprint density at radius 2 is 2.41 bits per heavy atom. The third kappa shape index (κ3) is 3.44. The molecule has 5 N–H and O–H groups in total. The van der Waals surface area contributed by atoms with E-state index in [9.17, 15) is 4.79 Å². The van der Waals surface area contributed by atoms with Crippen molar-refractivity contribution in [3.05, 3.63) is 12.2 Å². The normalized spacial score (nSPS) is 13.7. The Kier molecular flexibility index (Phi) is 4.44.